The van der Waals surface area contributed by atoms with Crippen LogP contribution < -0.4 is 5.32 Å². The van der Waals surface area contributed by atoms with E-state index in [2.05, 4.69) is 43.2 Å². The summed E-state index contributed by atoms with van der Waals surface area (Å²) in [5, 5.41) is 10.9. The minimum absolute atomic E-state index is 0.0254. The Bertz CT molecular complexity index is 412. The fraction of sp³-hybridized carbons (Fsp3) is 0.667. The van der Waals surface area contributed by atoms with E-state index in [0.717, 1.165) is 19.4 Å². The van der Waals surface area contributed by atoms with E-state index < -0.39 is 0 Å². The van der Waals surface area contributed by atoms with Crippen molar-refractivity contribution in [1.82, 2.24) is 15.1 Å². The first-order valence-electron chi connectivity index (χ1n) is 7.35. The van der Waals surface area contributed by atoms with E-state index in [1.165, 1.54) is 0 Å². The molecule has 1 aromatic rings. The van der Waals surface area contributed by atoms with Gasteiger partial charge in [-0.05, 0) is 30.9 Å². The average molecular weight is 278 g/mol. The fourth-order valence-corrected chi connectivity index (χ4v) is 2.25. The number of rotatable bonds is 7. The maximum Gasteiger partial charge on any atom is 0.274 e. The zero-order valence-electron chi connectivity index (χ0n) is 13.2. The molecule has 0 spiro atoms. The number of nitrogens with one attached hydrogen (secondary N) is 1. The number of nitrogens with zero attached hydrogens (tertiary/aromatic N) is 3. The predicted molar refractivity (Wildman–Crippen MR) is 81.8 cm³/mol. The van der Waals surface area contributed by atoms with Crippen molar-refractivity contribution in [3.63, 3.8) is 0 Å². The van der Waals surface area contributed by atoms with Gasteiger partial charge in [-0.1, -0.05) is 27.7 Å². The molecule has 0 saturated heterocycles. The van der Waals surface area contributed by atoms with Crippen LogP contribution in [0.25, 0.3) is 0 Å². The van der Waals surface area contributed by atoms with Gasteiger partial charge in [0, 0.05) is 19.6 Å². The third-order valence-electron chi connectivity index (χ3n) is 3.35. The standard InChI is InChI=1S/C15H26N4O/c1-6-12(7-2)19(10-11(3)4)15(20)13-8-9-14(16-5)18-17-13/h8-9,11-12H,6-7,10H2,1-5H3,(H,16,18). The molecule has 0 radical (unpaired) electrons. The molecule has 0 aliphatic carbocycles. The SMILES string of the molecule is CCC(CC)N(CC(C)C)C(=O)c1ccc(NC)nn1. The highest BCUT2D eigenvalue weighted by atomic mass is 16.2. The number of hydrogen-bond donors (Lipinski definition) is 1. The number of carbonyl (C=O) groups excluding carboxylic acids is 1. The molecule has 5 heteroatoms. The first kappa shape index (κ1) is 16.4. The molecule has 0 fully saturated rings. The summed E-state index contributed by atoms with van der Waals surface area (Å²) in [6.45, 7) is 9.23. The maximum absolute atomic E-state index is 12.6. The van der Waals surface area contributed by atoms with E-state index in [1.807, 2.05) is 4.90 Å². The van der Waals surface area contributed by atoms with Crippen LogP contribution in [0.1, 0.15) is 51.0 Å². The Morgan fingerprint density at radius 1 is 1.25 bits per heavy atom. The van der Waals surface area contributed by atoms with Crippen LogP contribution in [-0.2, 0) is 0 Å². The molecule has 0 aliphatic heterocycles. The Morgan fingerprint density at radius 3 is 2.30 bits per heavy atom. The Balaban J connectivity index is 2.95. The molecular formula is C15H26N4O. The molecule has 0 bridgehead atoms. The van der Waals surface area contributed by atoms with Gasteiger partial charge in [-0.3, -0.25) is 4.79 Å². The van der Waals surface area contributed by atoms with Crippen molar-refractivity contribution in [2.45, 2.75) is 46.6 Å². The number of amides is 1. The minimum atomic E-state index is -0.0254. The molecule has 1 N–H and O–H groups in total. The largest absolute Gasteiger partial charge is 0.372 e. The van der Waals surface area contributed by atoms with Gasteiger partial charge in [0.1, 0.15) is 5.82 Å². The fourth-order valence-electron chi connectivity index (χ4n) is 2.25. The van der Waals surface area contributed by atoms with Crippen LogP contribution in [0.2, 0.25) is 0 Å². The van der Waals surface area contributed by atoms with Crippen LogP contribution in [0.5, 0.6) is 0 Å². The number of hydrogen-bond acceptors (Lipinski definition) is 4. The van der Waals surface area contributed by atoms with Crippen molar-refractivity contribution < 1.29 is 4.79 Å². The van der Waals surface area contributed by atoms with Gasteiger partial charge in [-0.25, -0.2) is 0 Å². The third kappa shape index (κ3) is 4.18. The molecule has 112 valence electrons. The summed E-state index contributed by atoms with van der Waals surface area (Å²) in [4.78, 5) is 14.6. The second-order valence-electron chi connectivity index (χ2n) is 5.38. The zero-order valence-corrected chi connectivity index (χ0v) is 13.2. The molecule has 20 heavy (non-hydrogen) atoms. The van der Waals surface area contributed by atoms with Gasteiger partial charge in [0.25, 0.3) is 5.91 Å². The van der Waals surface area contributed by atoms with Crippen molar-refractivity contribution in [3.8, 4) is 0 Å². The zero-order chi connectivity index (χ0) is 15.1. The lowest BCUT2D eigenvalue weighted by Crippen LogP contribution is -2.42. The summed E-state index contributed by atoms with van der Waals surface area (Å²) < 4.78 is 0. The number of aromatic nitrogens is 2. The van der Waals surface area contributed by atoms with Crippen LogP contribution in [0.15, 0.2) is 12.1 Å². The Morgan fingerprint density at radius 2 is 1.90 bits per heavy atom. The lowest BCUT2D eigenvalue weighted by atomic mass is 10.1. The van der Waals surface area contributed by atoms with E-state index in [9.17, 15) is 4.79 Å². The Hall–Kier alpha value is -1.65. The molecule has 1 aromatic heterocycles. The molecule has 1 heterocycles. The molecule has 0 unspecified atom stereocenters. The van der Waals surface area contributed by atoms with E-state index in [-0.39, 0.29) is 11.9 Å². The summed E-state index contributed by atoms with van der Waals surface area (Å²) in [5.41, 5.74) is 0.413. The van der Waals surface area contributed by atoms with Crippen LogP contribution >= 0.6 is 0 Å². The summed E-state index contributed by atoms with van der Waals surface area (Å²) >= 11 is 0. The van der Waals surface area contributed by atoms with Crippen molar-refractivity contribution >= 4 is 11.7 Å². The van der Waals surface area contributed by atoms with Crippen LogP contribution in [0, 0.1) is 5.92 Å². The highest BCUT2D eigenvalue weighted by Crippen LogP contribution is 2.15. The van der Waals surface area contributed by atoms with E-state index >= 15 is 0 Å². The van der Waals surface area contributed by atoms with Crippen LogP contribution in [-0.4, -0.2) is 40.6 Å². The smallest absolute Gasteiger partial charge is 0.274 e. The Kier molecular flexibility index (Phi) is 6.42. The molecule has 0 atom stereocenters. The lowest BCUT2D eigenvalue weighted by Gasteiger charge is -2.31. The van der Waals surface area contributed by atoms with E-state index in [1.54, 1.807) is 19.2 Å². The molecule has 0 saturated carbocycles. The van der Waals surface area contributed by atoms with Crippen molar-refractivity contribution in [2.75, 3.05) is 18.9 Å². The highest BCUT2D eigenvalue weighted by molar-refractivity contribution is 5.92. The predicted octanol–water partition coefficient (Wildman–Crippen LogP) is 2.81. The third-order valence-corrected chi connectivity index (χ3v) is 3.35. The first-order valence-corrected chi connectivity index (χ1v) is 7.35. The summed E-state index contributed by atoms with van der Waals surface area (Å²) in [5.74, 6) is 1.08. The number of anilines is 1. The second-order valence-corrected chi connectivity index (χ2v) is 5.38. The van der Waals surface area contributed by atoms with Gasteiger partial charge in [0.15, 0.2) is 5.69 Å². The van der Waals surface area contributed by atoms with E-state index in [0.29, 0.717) is 17.4 Å². The second kappa shape index (κ2) is 7.82. The topological polar surface area (TPSA) is 58.1 Å². The van der Waals surface area contributed by atoms with Gasteiger partial charge >= 0.3 is 0 Å². The molecule has 1 rings (SSSR count). The lowest BCUT2D eigenvalue weighted by molar-refractivity contribution is 0.0633. The molecule has 0 aromatic carbocycles. The van der Waals surface area contributed by atoms with Gasteiger partial charge < -0.3 is 10.2 Å². The van der Waals surface area contributed by atoms with Crippen molar-refractivity contribution in [1.29, 1.82) is 0 Å². The molecular weight excluding hydrogens is 252 g/mol. The van der Waals surface area contributed by atoms with Gasteiger partial charge in [-0.15, -0.1) is 10.2 Å². The Labute approximate surface area is 121 Å². The average Bonchev–Trinajstić information content (AvgIpc) is 2.46. The van der Waals surface area contributed by atoms with Gasteiger partial charge in [0.2, 0.25) is 0 Å². The van der Waals surface area contributed by atoms with Crippen LogP contribution in [0.3, 0.4) is 0 Å². The minimum Gasteiger partial charge on any atom is -0.372 e. The number of carbonyl (C=O) groups is 1. The summed E-state index contributed by atoms with van der Waals surface area (Å²) in [7, 11) is 1.78. The van der Waals surface area contributed by atoms with Crippen molar-refractivity contribution in [3.05, 3.63) is 17.8 Å². The van der Waals surface area contributed by atoms with Crippen LogP contribution in [0.4, 0.5) is 5.82 Å². The normalized spacial score (nSPS) is 10.9. The quantitative estimate of drug-likeness (QED) is 0.833. The summed E-state index contributed by atoms with van der Waals surface area (Å²) in [6.07, 6.45) is 1.91. The monoisotopic (exact) mass is 278 g/mol. The molecule has 5 nitrogen and oxygen atoms in total. The highest BCUT2D eigenvalue weighted by Gasteiger charge is 2.24. The van der Waals surface area contributed by atoms with Gasteiger partial charge in [-0.2, -0.15) is 0 Å². The maximum atomic E-state index is 12.6. The van der Waals surface area contributed by atoms with Crippen molar-refractivity contribution in [2.24, 2.45) is 5.92 Å². The first-order chi connectivity index (χ1) is 9.53. The van der Waals surface area contributed by atoms with Gasteiger partial charge in [0.05, 0.1) is 0 Å². The molecule has 1 amide bonds. The van der Waals surface area contributed by atoms with E-state index in [4.69, 9.17) is 0 Å². The summed E-state index contributed by atoms with van der Waals surface area (Å²) in [6, 6.07) is 3.77. The molecule has 0 aliphatic rings.